The van der Waals surface area contributed by atoms with Crippen LogP contribution in [0.15, 0.2) is 35.3 Å². The first kappa shape index (κ1) is 50.7. The number of nitrogens with zero attached hydrogens (tertiary/aromatic N) is 1. The highest BCUT2D eigenvalue weighted by atomic mass is 16.3. The molecule has 20 nitrogen and oxygen atoms in total. The van der Waals surface area contributed by atoms with Gasteiger partial charge < -0.3 is 65.0 Å². The number of carbonyl (C=O) groups is 7. The second-order valence-corrected chi connectivity index (χ2v) is 15.0. The largest absolute Gasteiger partial charge is 0.394 e. The summed E-state index contributed by atoms with van der Waals surface area (Å²) < 4.78 is 0. The van der Waals surface area contributed by atoms with Crippen molar-refractivity contribution in [3.05, 3.63) is 35.9 Å². The highest BCUT2D eigenvalue weighted by Crippen LogP contribution is 2.11. The summed E-state index contributed by atoms with van der Waals surface area (Å²) in [6, 6.07) is -0.341. The van der Waals surface area contributed by atoms with Crippen molar-refractivity contribution in [2.75, 3.05) is 19.8 Å². The van der Waals surface area contributed by atoms with Crippen LogP contribution in [-0.2, 0) is 40.0 Å². The SMILES string of the molecule is CC[C@H](C)[C@H](NC(=O)[C@H](CCCN=C(N)N)NC(=O)[C@H](NC(=O)[C@H](Cc1ccccc1)NC(=O)[C@H](CO)NC(=O)[C@H](CO)NC(=O)[C@@H](N)CC(C)C)C(C)C)C(N)=O. The molecule has 0 radical (unpaired) electrons. The maximum atomic E-state index is 14.0. The van der Waals surface area contributed by atoms with Crippen LogP contribution in [0.3, 0.4) is 0 Å². The van der Waals surface area contributed by atoms with Gasteiger partial charge in [0.25, 0.3) is 0 Å². The van der Waals surface area contributed by atoms with Crippen molar-refractivity contribution in [2.24, 2.45) is 45.7 Å². The Balaban J connectivity index is 3.32. The van der Waals surface area contributed by atoms with Crippen molar-refractivity contribution < 1.29 is 43.8 Å². The molecule has 0 saturated carbocycles. The fraction of sp³-hybridized carbons (Fsp3) is 0.632. The zero-order chi connectivity index (χ0) is 44.1. The van der Waals surface area contributed by atoms with Gasteiger partial charge in [0.1, 0.15) is 36.3 Å². The molecule has 1 aromatic carbocycles. The molecule has 326 valence electrons. The summed E-state index contributed by atoms with van der Waals surface area (Å²) in [4.78, 5) is 96.4. The fourth-order valence-electron chi connectivity index (χ4n) is 5.69. The van der Waals surface area contributed by atoms with E-state index in [-0.39, 0.29) is 43.6 Å². The third-order valence-corrected chi connectivity index (χ3v) is 9.25. The Morgan fingerprint density at radius 2 is 1.14 bits per heavy atom. The first-order valence-electron chi connectivity index (χ1n) is 19.4. The van der Waals surface area contributed by atoms with Gasteiger partial charge in [-0.2, -0.15) is 0 Å². The van der Waals surface area contributed by atoms with Gasteiger partial charge in [0.2, 0.25) is 41.4 Å². The minimum absolute atomic E-state index is 0.0473. The fourth-order valence-corrected chi connectivity index (χ4v) is 5.69. The molecular weight excluding hydrogens is 754 g/mol. The third-order valence-electron chi connectivity index (χ3n) is 9.25. The number of nitrogens with one attached hydrogen (secondary N) is 6. The number of amides is 7. The molecule has 0 fully saturated rings. The molecule has 1 rings (SSSR count). The quantitative estimate of drug-likeness (QED) is 0.0249. The lowest BCUT2D eigenvalue weighted by atomic mass is 9.97. The van der Waals surface area contributed by atoms with Crippen molar-refractivity contribution in [1.82, 2.24) is 31.9 Å². The van der Waals surface area contributed by atoms with Gasteiger partial charge in [-0.25, -0.2) is 0 Å². The number of hydrogen-bond acceptors (Lipinski definition) is 11. The van der Waals surface area contributed by atoms with Crippen molar-refractivity contribution in [2.45, 2.75) is 116 Å². The van der Waals surface area contributed by atoms with Crippen LogP contribution in [0.5, 0.6) is 0 Å². The summed E-state index contributed by atoms with van der Waals surface area (Å²) in [5.74, 6) is -6.64. The number of hydrogen-bond donors (Lipinski definition) is 12. The summed E-state index contributed by atoms with van der Waals surface area (Å²) in [5, 5.41) is 35.0. The van der Waals surface area contributed by atoms with E-state index in [1.807, 2.05) is 20.8 Å². The van der Waals surface area contributed by atoms with Gasteiger partial charge in [-0.05, 0) is 42.6 Å². The number of aliphatic hydroxyl groups is 2. The summed E-state index contributed by atoms with van der Waals surface area (Å²) >= 11 is 0. The van der Waals surface area contributed by atoms with Crippen LogP contribution in [0.1, 0.15) is 72.8 Å². The van der Waals surface area contributed by atoms with E-state index in [4.69, 9.17) is 22.9 Å². The van der Waals surface area contributed by atoms with Crippen LogP contribution in [0, 0.1) is 17.8 Å². The van der Waals surface area contributed by atoms with Gasteiger partial charge in [-0.1, -0.05) is 78.3 Å². The van der Waals surface area contributed by atoms with Crippen molar-refractivity contribution in [3.63, 3.8) is 0 Å². The lowest BCUT2D eigenvalue weighted by Crippen LogP contribution is -2.61. The second kappa shape index (κ2) is 25.8. The zero-order valence-corrected chi connectivity index (χ0v) is 34.3. The van der Waals surface area contributed by atoms with Crippen LogP contribution < -0.4 is 54.8 Å². The van der Waals surface area contributed by atoms with Crippen molar-refractivity contribution >= 4 is 47.3 Å². The molecule has 0 unspecified atom stereocenters. The summed E-state index contributed by atoms with van der Waals surface area (Å²) in [6.07, 6.45) is 1.05. The summed E-state index contributed by atoms with van der Waals surface area (Å²) in [6.45, 7) is 8.94. The highest BCUT2D eigenvalue weighted by molar-refractivity contribution is 5.97. The minimum atomic E-state index is -1.63. The molecule has 0 aliphatic rings. The number of aliphatic imine (C=N–C) groups is 1. The van der Waals surface area contributed by atoms with Crippen molar-refractivity contribution in [3.8, 4) is 0 Å². The number of nitrogens with two attached hydrogens (primary N) is 4. The molecular formula is C38H65N11O9. The van der Waals surface area contributed by atoms with Gasteiger partial charge in [0.15, 0.2) is 5.96 Å². The Hall–Kier alpha value is -5.34. The number of aliphatic hydroxyl groups excluding tert-OH is 2. The van der Waals surface area contributed by atoms with Crippen LogP contribution in [0.25, 0.3) is 0 Å². The summed E-state index contributed by atoms with van der Waals surface area (Å²) in [7, 11) is 0. The molecule has 0 saturated heterocycles. The van der Waals surface area contributed by atoms with Crippen molar-refractivity contribution in [1.29, 1.82) is 0 Å². The van der Waals surface area contributed by atoms with Gasteiger partial charge in [0.05, 0.1) is 19.3 Å². The summed E-state index contributed by atoms with van der Waals surface area (Å²) in [5.41, 5.74) is 22.9. The Labute approximate surface area is 339 Å². The monoisotopic (exact) mass is 819 g/mol. The Morgan fingerprint density at radius 1 is 0.655 bits per heavy atom. The van der Waals surface area contributed by atoms with Gasteiger partial charge in [-0.3, -0.25) is 38.6 Å². The maximum absolute atomic E-state index is 14.0. The smallest absolute Gasteiger partial charge is 0.245 e. The molecule has 7 amide bonds. The van der Waals surface area contributed by atoms with E-state index in [1.54, 1.807) is 51.1 Å². The molecule has 0 aromatic heterocycles. The number of rotatable bonds is 26. The first-order valence-corrected chi connectivity index (χ1v) is 19.4. The molecule has 8 atom stereocenters. The molecule has 0 spiro atoms. The van der Waals surface area contributed by atoms with Crippen LogP contribution in [0.2, 0.25) is 0 Å². The van der Waals surface area contributed by atoms with Gasteiger partial charge in [-0.15, -0.1) is 0 Å². The number of guanidine groups is 1. The van der Waals surface area contributed by atoms with E-state index in [0.717, 1.165) is 0 Å². The normalized spacial score (nSPS) is 15.3. The van der Waals surface area contributed by atoms with E-state index >= 15 is 0 Å². The van der Waals surface area contributed by atoms with Crippen LogP contribution in [-0.4, -0.2) is 120 Å². The topological polar surface area (TPSA) is 349 Å². The minimum Gasteiger partial charge on any atom is -0.394 e. The van der Waals surface area contributed by atoms with E-state index in [9.17, 15) is 43.8 Å². The first-order chi connectivity index (χ1) is 27.2. The Morgan fingerprint density at radius 3 is 1.62 bits per heavy atom. The standard InChI is InChI=1S/C38H65N11O9/c1-7-22(6)30(31(40)52)49-33(54)25(14-11-15-43-38(41)42)44-37(58)29(21(4)5)48-34(55)26(17-23-12-9-8-10-13-23)45-35(56)28(19-51)47-36(57)27(18-50)46-32(53)24(39)16-20(2)3/h8-10,12-13,20-22,24-30,50-51H,7,11,14-19,39H2,1-6H3,(H2,40,52)(H,44,58)(H,45,56)(H,46,53)(H,47,57)(H,48,55)(H,49,54)(H4,41,42,43)/t22-,24-,25-,26-,27-,28-,29+,30-/m0/s1. The van der Waals surface area contributed by atoms with Gasteiger partial charge >= 0.3 is 0 Å². The highest BCUT2D eigenvalue weighted by Gasteiger charge is 2.35. The third kappa shape index (κ3) is 17.9. The Kier molecular flexibility index (Phi) is 22.6. The molecule has 16 N–H and O–H groups in total. The van der Waals surface area contributed by atoms with E-state index in [1.165, 1.54) is 0 Å². The van der Waals surface area contributed by atoms with E-state index in [0.29, 0.717) is 18.4 Å². The average molecular weight is 820 g/mol. The lowest BCUT2D eigenvalue weighted by Gasteiger charge is -2.29. The molecule has 58 heavy (non-hydrogen) atoms. The van der Waals surface area contributed by atoms with Crippen LogP contribution >= 0.6 is 0 Å². The molecule has 1 aromatic rings. The zero-order valence-electron chi connectivity index (χ0n) is 34.3. The average Bonchev–Trinajstić information content (AvgIpc) is 3.16. The lowest BCUT2D eigenvalue weighted by molar-refractivity contribution is -0.136. The maximum Gasteiger partial charge on any atom is 0.245 e. The number of carbonyl (C=O) groups excluding carboxylic acids is 7. The number of primary amides is 1. The van der Waals surface area contributed by atoms with Gasteiger partial charge in [0, 0.05) is 13.0 Å². The molecule has 0 heterocycles. The second-order valence-electron chi connectivity index (χ2n) is 15.0. The molecule has 20 heteroatoms. The molecule has 0 aliphatic carbocycles. The predicted octanol–water partition coefficient (Wildman–Crippen LogP) is -3.26. The van der Waals surface area contributed by atoms with E-state index < -0.39 is 103 Å². The molecule has 0 aliphatic heterocycles. The predicted molar refractivity (Wildman–Crippen MR) is 217 cm³/mol. The number of benzene rings is 1. The van der Waals surface area contributed by atoms with E-state index in [2.05, 4.69) is 36.9 Å². The Bertz CT molecular complexity index is 1540. The molecule has 0 bridgehead atoms. The van der Waals surface area contributed by atoms with Crippen LogP contribution in [0.4, 0.5) is 0 Å².